The van der Waals surface area contributed by atoms with E-state index >= 15 is 0 Å². The van der Waals surface area contributed by atoms with Crippen molar-refractivity contribution in [2.24, 2.45) is 0 Å². The van der Waals surface area contributed by atoms with E-state index in [1.807, 2.05) is 0 Å². The fraction of sp³-hybridized carbons (Fsp3) is 0.857. The van der Waals surface area contributed by atoms with E-state index < -0.39 is 31.5 Å². The molecule has 0 saturated carbocycles. The van der Waals surface area contributed by atoms with Crippen LogP contribution in [0, 0.1) is 0 Å². The molecule has 15 heavy (non-hydrogen) atoms. The maximum absolute atomic E-state index is 11.9. The number of rotatable bonds is 3. The predicted molar refractivity (Wildman–Crippen MR) is 55.5 cm³/mol. The Labute approximate surface area is 130 Å². The van der Waals surface area contributed by atoms with Crippen LogP contribution in [0.1, 0.15) is 20.8 Å². The van der Waals surface area contributed by atoms with E-state index in [4.69, 9.17) is 5.11 Å². The van der Waals surface area contributed by atoms with Gasteiger partial charge >= 0.3 is 64.5 Å². The van der Waals surface area contributed by atoms with E-state index in [1.165, 1.54) is 0 Å². The van der Waals surface area contributed by atoms with Crippen LogP contribution in [-0.4, -0.2) is 86.5 Å². The van der Waals surface area contributed by atoms with Crippen LogP contribution in [0.5, 0.6) is 0 Å². The molecule has 0 bridgehead atoms. The summed E-state index contributed by atoms with van der Waals surface area (Å²) < 4.78 is 35.7. The molecule has 0 unspecified atom stereocenters. The van der Waals surface area contributed by atoms with Crippen molar-refractivity contribution in [1.82, 2.24) is 4.90 Å². The molecule has 0 heterocycles. The first-order valence-electron chi connectivity index (χ1n) is 4.25. The van der Waals surface area contributed by atoms with Gasteiger partial charge in [0.15, 0.2) is 0 Å². The van der Waals surface area contributed by atoms with Gasteiger partial charge in [0, 0.05) is 12.1 Å². The van der Waals surface area contributed by atoms with Crippen molar-refractivity contribution in [2.75, 3.05) is 6.54 Å². The third-order valence-corrected chi connectivity index (χ3v) is 1.72. The first kappa shape index (κ1) is 18.1. The van der Waals surface area contributed by atoms with Crippen molar-refractivity contribution in [3.63, 3.8) is 0 Å². The molecule has 1 N–H and O–H groups in total. The van der Waals surface area contributed by atoms with Gasteiger partial charge in [-0.25, -0.2) is 4.79 Å². The summed E-state index contributed by atoms with van der Waals surface area (Å²) in [4.78, 5) is 11.4. The number of amides is 1. The van der Waals surface area contributed by atoms with Gasteiger partial charge in [-0.05, 0) is 20.8 Å². The standard InChI is InChI=1S/C7H14BF3NO2.K.H/c1-7(2,3)12(6(13)14)5-4-8(9,10)11;;/h4-5H2,1-3H3,(H,13,14);;/q-1;;. The van der Waals surface area contributed by atoms with Crippen molar-refractivity contribution in [1.29, 1.82) is 0 Å². The van der Waals surface area contributed by atoms with Crippen LogP contribution in [0.25, 0.3) is 0 Å². The summed E-state index contributed by atoms with van der Waals surface area (Å²) >= 11 is 0. The Balaban J connectivity index is 0. The molecule has 0 rings (SSSR count). The van der Waals surface area contributed by atoms with Crippen LogP contribution in [0.4, 0.5) is 17.7 Å². The number of halogens is 3. The van der Waals surface area contributed by atoms with E-state index in [0.717, 1.165) is 4.90 Å². The molecule has 0 fully saturated rings. The van der Waals surface area contributed by atoms with Crippen LogP contribution in [0.15, 0.2) is 0 Å². The average molecular weight is 252 g/mol. The second-order valence-electron chi connectivity index (χ2n) is 4.10. The SMILES string of the molecule is CC(C)(C)N(CC[B-](F)(F)F)C(=O)O.[KH]. The molecule has 0 saturated heterocycles. The zero-order chi connectivity index (χ0) is 11.6. The Kier molecular flexibility index (Phi) is 7.84. The van der Waals surface area contributed by atoms with Crippen molar-refractivity contribution in [3.8, 4) is 0 Å². The quantitative estimate of drug-likeness (QED) is 0.780. The Bertz CT molecular complexity index is 217. The topological polar surface area (TPSA) is 40.5 Å². The van der Waals surface area contributed by atoms with E-state index in [2.05, 4.69) is 0 Å². The molecule has 3 nitrogen and oxygen atoms in total. The van der Waals surface area contributed by atoms with Crippen molar-refractivity contribution in [2.45, 2.75) is 32.6 Å². The average Bonchev–Trinajstić information content (AvgIpc) is 1.79. The third-order valence-electron chi connectivity index (χ3n) is 1.72. The minimum absolute atomic E-state index is 0. The van der Waals surface area contributed by atoms with Gasteiger partial charge in [0.05, 0.1) is 0 Å². The molecule has 0 aliphatic rings. The Morgan fingerprint density at radius 3 is 1.93 bits per heavy atom. The molecule has 8 heteroatoms. The zero-order valence-corrected chi connectivity index (χ0v) is 8.43. The van der Waals surface area contributed by atoms with Gasteiger partial charge in [-0.1, -0.05) is 6.32 Å². The summed E-state index contributed by atoms with van der Waals surface area (Å²) in [6, 6.07) is 0. The fourth-order valence-electron chi connectivity index (χ4n) is 0.993. The van der Waals surface area contributed by atoms with Gasteiger partial charge < -0.3 is 23.0 Å². The van der Waals surface area contributed by atoms with Gasteiger partial charge in [0.25, 0.3) is 0 Å². The first-order valence-corrected chi connectivity index (χ1v) is 4.25. The van der Waals surface area contributed by atoms with Gasteiger partial charge in [-0.2, -0.15) is 0 Å². The van der Waals surface area contributed by atoms with E-state index in [1.54, 1.807) is 20.8 Å². The maximum atomic E-state index is 11.9. The van der Waals surface area contributed by atoms with Crippen LogP contribution in [0.2, 0.25) is 6.32 Å². The first-order chi connectivity index (χ1) is 6.04. The second kappa shape index (κ2) is 6.49. The summed E-state index contributed by atoms with van der Waals surface area (Å²) in [6.45, 7) is -0.736. The molecule has 0 radical (unpaired) electrons. The van der Waals surface area contributed by atoms with E-state index in [0.29, 0.717) is 0 Å². The van der Waals surface area contributed by atoms with E-state index in [9.17, 15) is 17.7 Å². The molecular weight excluding hydrogens is 237 g/mol. The van der Waals surface area contributed by atoms with Gasteiger partial charge in [0.2, 0.25) is 0 Å². The Morgan fingerprint density at radius 2 is 1.73 bits per heavy atom. The summed E-state index contributed by atoms with van der Waals surface area (Å²) in [5.74, 6) is 0. The molecule has 0 aromatic heterocycles. The second-order valence-corrected chi connectivity index (χ2v) is 4.10. The van der Waals surface area contributed by atoms with Crippen molar-refractivity contribution in [3.05, 3.63) is 0 Å². The van der Waals surface area contributed by atoms with Crippen LogP contribution >= 0.6 is 0 Å². The number of nitrogens with zero attached hydrogens (tertiary/aromatic N) is 1. The molecule has 0 aromatic carbocycles. The van der Waals surface area contributed by atoms with Crippen LogP contribution in [0.3, 0.4) is 0 Å². The van der Waals surface area contributed by atoms with Gasteiger partial charge in [-0.3, -0.25) is 0 Å². The third kappa shape index (κ3) is 8.56. The number of carboxylic acid groups (broad SMARTS) is 1. The fourth-order valence-corrected chi connectivity index (χ4v) is 0.993. The summed E-state index contributed by atoms with van der Waals surface area (Å²) in [5.41, 5.74) is -0.798. The Morgan fingerprint density at radius 1 is 1.33 bits per heavy atom. The minimum atomic E-state index is -4.92. The molecule has 0 atom stereocenters. The molecule has 1 amide bonds. The number of hydrogen-bond acceptors (Lipinski definition) is 1. The monoisotopic (exact) mass is 252 g/mol. The predicted octanol–water partition coefficient (Wildman–Crippen LogP) is 1.96. The normalized spacial score (nSPS) is 11.9. The molecule has 0 aromatic rings. The molecular formula is C7H15BF3KNO2-. The summed E-state index contributed by atoms with van der Waals surface area (Å²) in [6.07, 6.45) is -2.37. The Hall–Kier alpha value is 0.761. The molecule has 0 aliphatic carbocycles. The van der Waals surface area contributed by atoms with Crippen molar-refractivity contribution < 1.29 is 22.8 Å². The number of carbonyl (C=O) groups is 1. The van der Waals surface area contributed by atoms with Gasteiger partial charge in [0.1, 0.15) is 0 Å². The zero-order valence-electron chi connectivity index (χ0n) is 8.43. The summed E-state index contributed by atoms with van der Waals surface area (Å²) in [7, 11) is 0. The molecule has 86 valence electrons. The molecule has 0 aliphatic heterocycles. The summed E-state index contributed by atoms with van der Waals surface area (Å²) in [5, 5.41) is 8.67. The molecule has 0 spiro atoms. The number of hydrogen-bond donors (Lipinski definition) is 1. The van der Waals surface area contributed by atoms with Crippen LogP contribution in [-0.2, 0) is 0 Å². The van der Waals surface area contributed by atoms with Crippen LogP contribution < -0.4 is 0 Å². The van der Waals surface area contributed by atoms with Crippen molar-refractivity contribution >= 4 is 64.5 Å². The van der Waals surface area contributed by atoms with Gasteiger partial charge in [-0.15, -0.1) is 0 Å². The van der Waals surface area contributed by atoms with E-state index in [-0.39, 0.29) is 51.4 Å².